The van der Waals surface area contributed by atoms with Gasteiger partial charge in [0.25, 0.3) is 0 Å². The summed E-state index contributed by atoms with van der Waals surface area (Å²) in [6.07, 6.45) is 5.31. The fraction of sp³-hybridized carbons (Fsp3) is 0.476. The van der Waals surface area contributed by atoms with Crippen molar-refractivity contribution in [3.05, 3.63) is 48.3 Å². The summed E-state index contributed by atoms with van der Waals surface area (Å²) >= 11 is 0. The minimum atomic E-state index is -0.0699. The van der Waals surface area contributed by atoms with Crippen molar-refractivity contribution < 1.29 is 9.53 Å². The highest BCUT2D eigenvalue weighted by Gasteiger charge is 2.27. The summed E-state index contributed by atoms with van der Waals surface area (Å²) in [5.41, 5.74) is 2.16. The van der Waals surface area contributed by atoms with E-state index in [0.717, 1.165) is 49.7 Å². The molecule has 158 valence electrons. The van der Waals surface area contributed by atoms with Crippen molar-refractivity contribution in [2.75, 3.05) is 26.2 Å². The van der Waals surface area contributed by atoms with Crippen molar-refractivity contribution in [2.45, 2.75) is 33.2 Å². The van der Waals surface area contributed by atoms with Gasteiger partial charge >= 0.3 is 5.97 Å². The minimum Gasteiger partial charge on any atom is -0.466 e. The second kappa shape index (κ2) is 11.8. The van der Waals surface area contributed by atoms with E-state index in [2.05, 4.69) is 34.4 Å². The standard InChI is InChI=1S/C21H29N5O2.HI/c1-3-22-21(25-13-9-18(10-14-25)20(27)28-4-2)23-16-17-7-5-8-19(15-17)26-12-6-11-24-26;/h5-8,11-12,15,18H,3-4,9-10,13-14,16H2,1-2H3,(H,22,23);1H. The number of halogens is 1. The van der Waals surface area contributed by atoms with Crippen LogP contribution < -0.4 is 5.32 Å². The Kier molecular flexibility index (Phi) is 9.43. The number of hydrogen-bond acceptors (Lipinski definition) is 4. The average molecular weight is 511 g/mol. The lowest BCUT2D eigenvalue weighted by atomic mass is 9.97. The smallest absolute Gasteiger partial charge is 0.309 e. The molecule has 0 spiro atoms. The van der Waals surface area contributed by atoms with E-state index in [1.807, 2.05) is 36.0 Å². The summed E-state index contributed by atoms with van der Waals surface area (Å²) in [6.45, 7) is 7.38. The number of benzene rings is 1. The van der Waals surface area contributed by atoms with Crippen molar-refractivity contribution in [3.8, 4) is 5.69 Å². The average Bonchev–Trinajstić information content (AvgIpc) is 3.27. The first kappa shape index (κ1) is 23.2. The molecule has 2 aromatic rings. The molecule has 0 aliphatic carbocycles. The van der Waals surface area contributed by atoms with Gasteiger partial charge in [0.15, 0.2) is 5.96 Å². The molecule has 0 radical (unpaired) electrons. The number of guanidine groups is 1. The van der Waals surface area contributed by atoms with E-state index >= 15 is 0 Å². The van der Waals surface area contributed by atoms with Crippen molar-refractivity contribution in [3.63, 3.8) is 0 Å². The summed E-state index contributed by atoms with van der Waals surface area (Å²) in [5.74, 6) is 0.832. The molecule has 0 unspecified atom stereocenters. The molecule has 0 amide bonds. The Bertz CT molecular complexity index is 786. The number of piperidine rings is 1. The molecule has 1 fully saturated rings. The van der Waals surface area contributed by atoms with E-state index in [0.29, 0.717) is 13.2 Å². The fourth-order valence-electron chi connectivity index (χ4n) is 3.40. The molecule has 1 N–H and O–H groups in total. The van der Waals surface area contributed by atoms with Gasteiger partial charge in [0, 0.05) is 32.0 Å². The van der Waals surface area contributed by atoms with Crippen LogP contribution in [0.2, 0.25) is 0 Å². The number of nitrogens with one attached hydrogen (secondary N) is 1. The minimum absolute atomic E-state index is 0. The number of carbonyl (C=O) groups is 1. The molecule has 1 aromatic carbocycles. The zero-order valence-corrected chi connectivity index (χ0v) is 19.4. The summed E-state index contributed by atoms with van der Waals surface area (Å²) in [6, 6.07) is 10.2. The molecular weight excluding hydrogens is 481 g/mol. The lowest BCUT2D eigenvalue weighted by molar-refractivity contribution is -0.149. The van der Waals surface area contributed by atoms with Crippen LogP contribution in [0.4, 0.5) is 0 Å². The largest absolute Gasteiger partial charge is 0.466 e. The second-order valence-electron chi connectivity index (χ2n) is 6.80. The van der Waals surface area contributed by atoms with Crippen LogP contribution in [0.3, 0.4) is 0 Å². The van der Waals surface area contributed by atoms with Crippen molar-refractivity contribution in [1.82, 2.24) is 20.0 Å². The summed E-state index contributed by atoms with van der Waals surface area (Å²) in [5, 5.41) is 7.66. The third-order valence-corrected chi connectivity index (χ3v) is 4.84. The van der Waals surface area contributed by atoms with Gasteiger partial charge in [-0.05, 0) is 50.5 Å². The van der Waals surface area contributed by atoms with E-state index in [1.54, 1.807) is 6.20 Å². The Balaban J connectivity index is 0.00000300. The Morgan fingerprint density at radius 1 is 1.28 bits per heavy atom. The molecule has 8 heteroatoms. The molecule has 29 heavy (non-hydrogen) atoms. The number of rotatable bonds is 6. The van der Waals surface area contributed by atoms with Gasteiger partial charge in [-0.15, -0.1) is 24.0 Å². The number of carbonyl (C=O) groups excluding carboxylic acids is 1. The molecule has 7 nitrogen and oxygen atoms in total. The fourth-order valence-corrected chi connectivity index (χ4v) is 3.40. The maximum Gasteiger partial charge on any atom is 0.309 e. The van der Waals surface area contributed by atoms with Crippen LogP contribution in [0.15, 0.2) is 47.7 Å². The zero-order chi connectivity index (χ0) is 19.8. The molecule has 1 aromatic heterocycles. The molecular formula is C21H30IN5O2. The first-order valence-corrected chi connectivity index (χ1v) is 10.00. The third kappa shape index (κ3) is 6.45. The Hall–Kier alpha value is -2.10. The second-order valence-corrected chi connectivity index (χ2v) is 6.80. The van der Waals surface area contributed by atoms with E-state index in [1.165, 1.54) is 0 Å². The van der Waals surface area contributed by atoms with Crippen LogP contribution in [0, 0.1) is 5.92 Å². The van der Waals surface area contributed by atoms with Gasteiger partial charge in [-0.25, -0.2) is 9.67 Å². The third-order valence-electron chi connectivity index (χ3n) is 4.84. The summed E-state index contributed by atoms with van der Waals surface area (Å²) in [7, 11) is 0. The van der Waals surface area contributed by atoms with Crippen LogP contribution in [0.1, 0.15) is 32.3 Å². The monoisotopic (exact) mass is 511 g/mol. The first-order chi connectivity index (χ1) is 13.7. The molecule has 3 rings (SSSR count). The van der Waals surface area contributed by atoms with E-state index in [-0.39, 0.29) is 35.9 Å². The summed E-state index contributed by atoms with van der Waals surface area (Å²) in [4.78, 5) is 19.0. The molecule has 0 saturated carbocycles. The van der Waals surface area contributed by atoms with Crippen LogP contribution >= 0.6 is 24.0 Å². The van der Waals surface area contributed by atoms with E-state index in [9.17, 15) is 4.79 Å². The van der Waals surface area contributed by atoms with Crippen LogP contribution in [0.5, 0.6) is 0 Å². The van der Waals surface area contributed by atoms with E-state index < -0.39 is 0 Å². The van der Waals surface area contributed by atoms with Gasteiger partial charge in [0.1, 0.15) is 0 Å². The lowest BCUT2D eigenvalue weighted by Crippen LogP contribution is -2.46. The normalized spacial score (nSPS) is 15.0. The predicted molar refractivity (Wildman–Crippen MR) is 125 cm³/mol. The maximum absolute atomic E-state index is 11.9. The van der Waals surface area contributed by atoms with Gasteiger partial charge in [0.2, 0.25) is 0 Å². The highest BCUT2D eigenvalue weighted by molar-refractivity contribution is 14.0. The number of esters is 1. The number of aromatic nitrogens is 2. The highest BCUT2D eigenvalue weighted by Crippen LogP contribution is 2.19. The lowest BCUT2D eigenvalue weighted by Gasteiger charge is -2.33. The first-order valence-electron chi connectivity index (χ1n) is 10.00. The molecule has 0 bridgehead atoms. The number of nitrogens with zero attached hydrogens (tertiary/aromatic N) is 4. The number of hydrogen-bond donors (Lipinski definition) is 1. The van der Waals surface area contributed by atoms with Crippen LogP contribution in [-0.2, 0) is 16.1 Å². The van der Waals surface area contributed by atoms with Gasteiger partial charge < -0.3 is 15.0 Å². The molecule has 1 aliphatic heterocycles. The predicted octanol–water partition coefficient (Wildman–Crippen LogP) is 3.23. The highest BCUT2D eigenvalue weighted by atomic mass is 127. The number of ether oxygens (including phenoxy) is 1. The molecule has 2 heterocycles. The van der Waals surface area contributed by atoms with Gasteiger partial charge in [0.05, 0.1) is 24.8 Å². The molecule has 1 aliphatic rings. The maximum atomic E-state index is 11.9. The Labute approximate surface area is 189 Å². The molecule has 1 saturated heterocycles. The summed E-state index contributed by atoms with van der Waals surface area (Å²) < 4.78 is 7.01. The van der Waals surface area contributed by atoms with Crippen LogP contribution in [0.25, 0.3) is 5.69 Å². The van der Waals surface area contributed by atoms with Gasteiger partial charge in [-0.1, -0.05) is 12.1 Å². The van der Waals surface area contributed by atoms with Gasteiger partial charge in [-0.3, -0.25) is 4.79 Å². The quantitative estimate of drug-likeness (QED) is 0.279. The van der Waals surface area contributed by atoms with Crippen molar-refractivity contribution in [1.29, 1.82) is 0 Å². The zero-order valence-electron chi connectivity index (χ0n) is 17.1. The van der Waals surface area contributed by atoms with Crippen molar-refractivity contribution in [2.24, 2.45) is 10.9 Å². The Morgan fingerprint density at radius 2 is 2.07 bits per heavy atom. The molecule has 0 atom stereocenters. The number of aliphatic imine (C=N–C) groups is 1. The topological polar surface area (TPSA) is 71.8 Å². The van der Waals surface area contributed by atoms with Crippen LogP contribution in [-0.4, -0.2) is 52.9 Å². The number of likely N-dealkylation sites (tertiary alicyclic amines) is 1. The van der Waals surface area contributed by atoms with Crippen molar-refractivity contribution >= 4 is 35.9 Å². The Morgan fingerprint density at radius 3 is 2.72 bits per heavy atom. The van der Waals surface area contributed by atoms with E-state index in [4.69, 9.17) is 9.73 Å². The SMILES string of the molecule is CCNC(=NCc1cccc(-n2cccn2)c1)N1CCC(C(=O)OCC)CC1.I. The van der Waals surface area contributed by atoms with Gasteiger partial charge in [-0.2, -0.15) is 5.10 Å².